The first kappa shape index (κ1) is 15.7. The average molecular weight is 352 g/mol. The van der Waals surface area contributed by atoms with Gasteiger partial charge in [-0.05, 0) is 31.2 Å². The normalized spacial score (nSPS) is 12.0. The van der Waals surface area contributed by atoms with E-state index in [0.717, 1.165) is 16.6 Å². The van der Waals surface area contributed by atoms with E-state index in [0.29, 0.717) is 11.8 Å². The second-order valence-electron chi connectivity index (χ2n) is 4.48. The van der Waals surface area contributed by atoms with Crippen LogP contribution in [0.25, 0.3) is 0 Å². The second-order valence-corrected chi connectivity index (χ2v) is 5.40. The molecule has 0 aliphatic carbocycles. The highest BCUT2D eigenvalue weighted by molar-refractivity contribution is 9.10. The molecule has 0 saturated heterocycles. The van der Waals surface area contributed by atoms with Crippen LogP contribution in [0.15, 0.2) is 34.9 Å². The van der Waals surface area contributed by atoms with Gasteiger partial charge in [-0.25, -0.2) is 4.98 Å². The number of nitrogens with zero attached hydrogens (tertiary/aromatic N) is 2. The van der Waals surface area contributed by atoms with Crippen molar-refractivity contribution >= 4 is 15.9 Å². The molecule has 0 spiro atoms. The summed E-state index contributed by atoms with van der Waals surface area (Å²) < 4.78 is 11.5. The Hall–Kier alpha value is -1.66. The van der Waals surface area contributed by atoms with Crippen LogP contribution in [0, 0.1) is 0 Å². The van der Waals surface area contributed by atoms with Crippen LogP contribution < -0.4 is 14.8 Å². The third-order valence-corrected chi connectivity index (χ3v) is 3.65. The maximum absolute atomic E-state index is 5.33. The Morgan fingerprint density at radius 2 is 2.10 bits per heavy atom. The van der Waals surface area contributed by atoms with Crippen LogP contribution in [0.4, 0.5) is 0 Å². The summed E-state index contributed by atoms with van der Waals surface area (Å²) in [6, 6.07) is 8.20. The lowest BCUT2D eigenvalue weighted by Gasteiger charge is -2.18. The van der Waals surface area contributed by atoms with Gasteiger partial charge in [0.2, 0.25) is 11.8 Å². The highest BCUT2D eigenvalue weighted by atomic mass is 79.9. The molecule has 0 aliphatic rings. The van der Waals surface area contributed by atoms with Crippen molar-refractivity contribution in [3.8, 4) is 11.8 Å². The van der Waals surface area contributed by atoms with Gasteiger partial charge in [-0.15, -0.1) is 0 Å². The standard InChI is InChI=1S/C15H18BrN3O2/c1-17-12(8-10-5-4-6-11(16)7-10)14-15(21-3)19-13(20-2)9-18-14/h4-7,9,12,17H,8H2,1-3H3. The summed E-state index contributed by atoms with van der Waals surface area (Å²) >= 11 is 3.49. The largest absolute Gasteiger partial charge is 0.480 e. The number of rotatable bonds is 6. The fourth-order valence-corrected chi connectivity index (χ4v) is 2.54. The van der Waals surface area contributed by atoms with Crippen molar-refractivity contribution in [3.63, 3.8) is 0 Å². The predicted octanol–water partition coefficient (Wildman–Crippen LogP) is 2.76. The molecule has 1 unspecified atom stereocenters. The molecule has 0 saturated carbocycles. The Bertz CT molecular complexity index is 607. The number of hydrogen-bond donors (Lipinski definition) is 1. The number of benzene rings is 1. The first-order chi connectivity index (χ1) is 10.2. The van der Waals surface area contributed by atoms with E-state index in [1.807, 2.05) is 19.2 Å². The zero-order valence-corrected chi connectivity index (χ0v) is 13.8. The maximum atomic E-state index is 5.33. The Morgan fingerprint density at radius 3 is 2.71 bits per heavy atom. The summed E-state index contributed by atoms with van der Waals surface area (Å²) in [4.78, 5) is 8.70. The molecule has 2 aromatic rings. The zero-order valence-electron chi connectivity index (χ0n) is 12.3. The summed E-state index contributed by atoms with van der Waals surface area (Å²) in [6.07, 6.45) is 2.39. The number of halogens is 1. The Morgan fingerprint density at radius 1 is 1.29 bits per heavy atom. The van der Waals surface area contributed by atoms with Crippen LogP contribution in [0.1, 0.15) is 17.3 Å². The van der Waals surface area contributed by atoms with Crippen molar-refractivity contribution < 1.29 is 9.47 Å². The SMILES string of the molecule is CNC(Cc1cccc(Br)c1)c1ncc(OC)nc1OC. The fraction of sp³-hybridized carbons (Fsp3) is 0.333. The van der Waals surface area contributed by atoms with Crippen LogP contribution in [-0.2, 0) is 6.42 Å². The van der Waals surface area contributed by atoms with Gasteiger partial charge in [-0.2, -0.15) is 4.98 Å². The molecule has 112 valence electrons. The van der Waals surface area contributed by atoms with E-state index in [9.17, 15) is 0 Å². The maximum Gasteiger partial charge on any atom is 0.240 e. The van der Waals surface area contributed by atoms with Crippen LogP contribution in [-0.4, -0.2) is 31.2 Å². The van der Waals surface area contributed by atoms with E-state index in [4.69, 9.17) is 9.47 Å². The van der Waals surface area contributed by atoms with Gasteiger partial charge in [0.25, 0.3) is 0 Å². The summed E-state index contributed by atoms with van der Waals surface area (Å²) in [5.74, 6) is 0.914. The molecule has 1 aromatic carbocycles. The molecule has 0 fully saturated rings. The van der Waals surface area contributed by atoms with Gasteiger partial charge in [0, 0.05) is 4.47 Å². The van der Waals surface area contributed by atoms with Gasteiger partial charge in [-0.1, -0.05) is 28.1 Å². The fourth-order valence-electron chi connectivity index (χ4n) is 2.09. The first-order valence-corrected chi connectivity index (χ1v) is 7.33. The van der Waals surface area contributed by atoms with Gasteiger partial charge >= 0.3 is 0 Å². The van der Waals surface area contributed by atoms with Crippen molar-refractivity contribution in [3.05, 3.63) is 46.2 Å². The van der Waals surface area contributed by atoms with E-state index in [2.05, 4.69) is 43.3 Å². The van der Waals surface area contributed by atoms with Crippen LogP contribution in [0.3, 0.4) is 0 Å². The minimum Gasteiger partial charge on any atom is -0.480 e. The Balaban J connectivity index is 2.28. The summed E-state index contributed by atoms with van der Waals surface area (Å²) in [5.41, 5.74) is 1.96. The van der Waals surface area contributed by atoms with E-state index in [1.165, 1.54) is 5.56 Å². The average Bonchev–Trinajstić information content (AvgIpc) is 2.52. The monoisotopic (exact) mass is 351 g/mol. The lowest BCUT2D eigenvalue weighted by Crippen LogP contribution is -2.21. The molecule has 21 heavy (non-hydrogen) atoms. The lowest BCUT2D eigenvalue weighted by atomic mass is 10.0. The molecule has 5 nitrogen and oxygen atoms in total. The van der Waals surface area contributed by atoms with Gasteiger partial charge in [0.1, 0.15) is 5.69 Å². The molecule has 6 heteroatoms. The molecule has 1 atom stereocenters. The molecule has 2 rings (SSSR count). The number of aromatic nitrogens is 2. The molecule has 0 radical (unpaired) electrons. The second kappa shape index (κ2) is 7.38. The number of ether oxygens (including phenoxy) is 2. The van der Waals surface area contributed by atoms with Crippen molar-refractivity contribution in [2.75, 3.05) is 21.3 Å². The van der Waals surface area contributed by atoms with Gasteiger partial charge in [-0.3, -0.25) is 0 Å². The smallest absolute Gasteiger partial charge is 0.240 e. The Kier molecular flexibility index (Phi) is 5.52. The van der Waals surface area contributed by atoms with Crippen molar-refractivity contribution in [2.24, 2.45) is 0 Å². The van der Waals surface area contributed by atoms with E-state index in [-0.39, 0.29) is 6.04 Å². The summed E-state index contributed by atoms with van der Waals surface area (Å²) in [5, 5.41) is 3.26. The van der Waals surface area contributed by atoms with Crippen LogP contribution >= 0.6 is 15.9 Å². The Labute approximate surface area is 132 Å². The highest BCUT2D eigenvalue weighted by Crippen LogP contribution is 2.26. The van der Waals surface area contributed by atoms with E-state index < -0.39 is 0 Å². The predicted molar refractivity (Wildman–Crippen MR) is 84.8 cm³/mol. The van der Waals surface area contributed by atoms with Crippen molar-refractivity contribution in [2.45, 2.75) is 12.5 Å². The van der Waals surface area contributed by atoms with E-state index >= 15 is 0 Å². The molecule has 0 amide bonds. The number of methoxy groups -OCH3 is 2. The molecular formula is C15H18BrN3O2. The van der Waals surface area contributed by atoms with Gasteiger partial charge < -0.3 is 14.8 Å². The number of hydrogen-bond acceptors (Lipinski definition) is 5. The quantitative estimate of drug-likeness (QED) is 0.867. The van der Waals surface area contributed by atoms with Gasteiger partial charge in [0.15, 0.2) is 0 Å². The molecule has 0 bridgehead atoms. The minimum atomic E-state index is 0.00709. The first-order valence-electron chi connectivity index (χ1n) is 6.54. The third kappa shape index (κ3) is 3.92. The summed E-state index contributed by atoms with van der Waals surface area (Å²) in [7, 11) is 5.03. The minimum absolute atomic E-state index is 0.00709. The number of likely N-dealkylation sites (N-methyl/N-ethyl adjacent to an activating group) is 1. The van der Waals surface area contributed by atoms with Crippen molar-refractivity contribution in [1.29, 1.82) is 0 Å². The topological polar surface area (TPSA) is 56.3 Å². The zero-order chi connectivity index (χ0) is 15.2. The van der Waals surface area contributed by atoms with Crippen LogP contribution in [0.2, 0.25) is 0 Å². The lowest BCUT2D eigenvalue weighted by molar-refractivity contribution is 0.350. The van der Waals surface area contributed by atoms with E-state index in [1.54, 1.807) is 20.4 Å². The number of nitrogens with one attached hydrogen (secondary N) is 1. The molecule has 0 aliphatic heterocycles. The van der Waals surface area contributed by atoms with Crippen LogP contribution in [0.5, 0.6) is 11.8 Å². The van der Waals surface area contributed by atoms with Crippen molar-refractivity contribution in [1.82, 2.24) is 15.3 Å². The summed E-state index contributed by atoms with van der Waals surface area (Å²) in [6.45, 7) is 0. The van der Waals surface area contributed by atoms with Gasteiger partial charge in [0.05, 0.1) is 26.5 Å². The third-order valence-electron chi connectivity index (χ3n) is 3.15. The highest BCUT2D eigenvalue weighted by Gasteiger charge is 2.19. The molecule has 1 aromatic heterocycles. The molecule has 1 N–H and O–H groups in total. The molecular weight excluding hydrogens is 334 g/mol. The molecule has 1 heterocycles.